The van der Waals surface area contributed by atoms with E-state index in [0.29, 0.717) is 5.56 Å². The van der Waals surface area contributed by atoms with Gasteiger partial charge in [-0.15, -0.1) is 0 Å². The summed E-state index contributed by atoms with van der Waals surface area (Å²) in [5.74, 6) is 0.734. The fraction of sp³-hybridized carbons (Fsp3) is 0.355. The van der Waals surface area contributed by atoms with Crippen LogP contribution in [0.25, 0.3) is 22.1 Å². The molecule has 0 amide bonds. The lowest BCUT2D eigenvalue weighted by molar-refractivity contribution is 0.172. The first-order valence-electron chi connectivity index (χ1n) is 12.9. The van der Waals surface area contributed by atoms with Gasteiger partial charge in [-0.05, 0) is 93.7 Å². The van der Waals surface area contributed by atoms with Crippen LogP contribution >= 0.6 is 0 Å². The Bertz CT molecular complexity index is 1340. The van der Waals surface area contributed by atoms with Crippen molar-refractivity contribution < 1.29 is 4.52 Å². The van der Waals surface area contributed by atoms with E-state index < -0.39 is 0 Å². The molecule has 3 aromatic carbocycles. The van der Waals surface area contributed by atoms with E-state index in [0.717, 1.165) is 78.3 Å². The molecule has 5 heteroatoms. The summed E-state index contributed by atoms with van der Waals surface area (Å²) in [5.41, 5.74) is 7.26. The van der Waals surface area contributed by atoms with Gasteiger partial charge in [0.2, 0.25) is 0 Å². The highest BCUT2D eigenvalue weighted by molar-refractivity contribution is 5.89. The van der Waals surface area contributed by atoms with E-state index in [-0.39, 0.29) is 0 Å². The minimum absolute atomic E-state index is 0.663. The number of nitriles is 1. The maximum Gasteiger partial charge on any atom is 0.172 e. The normalized spacial score (nSPS) is 14.9. The van der Waals surface area contributed by atoms with Crippen molar-refractivity contribution in [1.29, 1.82) is 5.26 Å². The Balaban J connectivity index is 1.29. The first-order valence-corrected chi connectivity index (χ1v) is 12.9. The Morgan fingerprint density at radius 2 is 1.83 bits per heavy atom. The Morgan fingerprint density at radius 1 is 1.03 bits per heavy atom. The van der Waals surface area contributed by atoms with E-state index in [1.54, 1.807) is 0 Å². The van der Waals surface area contributed by atoms with Crippen molar-refractivity contribution in [2.24, 2.45) is 5.92 Å². The fourth-order valence-corrected chi connectivity index (χ4v) is 5.41. The number of nitrogens with zero attached hydrogens (tertiary/aromatic N) is 4. The predicted octanol–water partition coefficient (Wildman–Crippen LogP) is 6.27. The minimum Gasteiger partial charge on any atom is -0.356 e. The lowest BCUT2D eigenvalue weighted by Crippen LogP contribution is -2.33. The average molecular weight is 479 g/mol. The molecule has 5 nitrogen and oxygen atoms in total. The maximum absolute atomic E-state index is 9.36. The van der Waals surface area contributed by atoms with Crippen LogP contribution in [-0.2, 0) is 19.5 Å². The SMILES string of the molecule is CN(C)Cc1c(-c2cccc(C#N)c2)ccc2c(CCC3CCN(Cc4ccccc4)CC3)noc12. The number of aryl methyl sites for hydroxylation is 1. The van der Waals surface area contributed by atoms with Gasteiger partial charge in [0.15, 0.2) is 5.58 Å². The molecule has 0 radical (unpaired) electrons. The highest BCUT2D eigenvalue weighted by Gasteiger charge is 2.22. The van der Waals surface area contributed by atoms with Crippen LogP contribution in [-0.4, -0.2) is 42.1 Å². The molecule has 0 spiro atoms. The molecule has 36 heavy (non-hydrogen) atoms. The number of benzene rings is 3. The van der Waals surface area contributed by atoms with Crippen molar-refractivity contribution in [3.63, 3.8) is 0 Å². The highest BCUT2D eigenvalue weighted by atomic mass is 16.5. The molecule has 2 heterocycles. The third-order valence-electron chi connectivity index (χ3n) is 7.34. The second kappa shape index (κ2) is 11.1. The predicted molar refractivity (Wildman–Crippen MR) is 144 cm³/mol. The van der Waals surface area contributed by atoms with Gasteiger partial charge in [0.05, 0.1) is 17.3 Å². The van der Waals surface area contributed by atoms with Crippen molar-refractivity contribution in [3.05, 3.63) is 89.1 Å². The van der Waals surface area contributed by atoms with Gasteiger partial charge in [-0.25, -0.2) is 0 Å². The first kappa shape index (κ1) is 24.2. The number of hydrogen-bond donors (Lipinski definition) is 0. The van der Waals surface area contributed by atoms with Crippen molar-refractivity contribution in [2.45, 2.75) is 38.8 Å². The zero-order valence-corrected chi connectivity index (χ0v) is 21.3. The van der Waals surface area contributed by atoms with E-state index in [9.17, 15) is 5.26 Å². The van der Waals surface area contributed by atoms with Gasteiger partial charge in [0.25, 0.3) is 0 Å². The third kappa shape index (κ3) is 5.51. The molecule has 1 aliphatic rings. The van der Waals surface area contributed by atoms with Crippen molar-refractivity contribution in [1.82, 2.24) is 15.0 Å². The zero-order chi connectivity index (χ0) is 24.9. The van der Waals surface area contributed by atoms with Crippen LogP contribution in [0.3, 0.4) is 0 Å². The Labute approximate surface area is 213 Å². The van der Waals surface area contributed by atoms with Crippen LogP contribution in [0, 0.1) is 17.2 Å². The number of fused-ring (bicyclic) bond motifs is 1. The maximum atomic E-state index is 9.36. The highest BCUT2D eigenvalue weighted by Crippen LogP contribution is 2.34. The van der Waals surface area contributed by atoms with Crippen LogP contribution in [0.4, 0.5) is 0 Å². The van der Waals surface area contributed by atoms with Gasteiger partial charge in [0, 0.05) is 24.0 Å². The van der Waals surface area contributed by atoms with Gasteiger partial charge in [-0.1, -0.05) is 53.7 Å². The van der Waals surface area contributed by atoms with Gasteiger partial charge in [-0.2, -0.15) is 5.26 Å². The van der Waals surface area contributed by atoms with E-state index in [2.05, 4.69) is 83.7 Å². The van der Waals surface area contributed by atoms with E-state index in [1.807, 2.05) is 18.2 Å². The lowest BCUT2D eigenvalue weighted by Gasteiger charge is -2.32. The van der Waals surface area contributed by atoms with E-state index in [1.165, 1.54) is 18.4 Å². The largest absolute Gasteiger partial charge is 0.356 e. The third-order valence-corrected chi connectivity index (χ3v) is 7.34. The first-order chi connectivity index (χ1) is 17.6. The van der Waals surface area contributed by atoms with Crippen molar-refractivity contribution in [2.75, 3.05) is 27.2 Å². The summed E-state index contributed by atoms with van der Waals surface area (Å²) >= 11 is 0. The van der Waals surface area contributed by atoms with Gasteiger partial charge >= 0.3 is 0 Å². The standard InChI is InChI=1S/C31H34N4O/c1-34(2)22-29-27(26-10-6-9-25(19-26)20-32)12-13-28-30(33-36-31(28)29)14-11-23-15-17-35(18-16-23)21-24-7-4-3-5-8-24/h3-10,12-13,19,23H,11,14-18,21-22H2,1-2H3. The quantitative estimate of drug-likeness (QED) is 0.299. The van der Waals surface area contributed by atoms with Crippen LogP contribution < -0.4 is 0 Å². The number of piperidine rings is 1. The summed E-state index contributed by atoms with van der Waals surface area (Å²) in [6, 6.07) is 25.1. The summed E-state index contributed by atoms with van der Waals surface area (Å²) in [6.07, 6.45) is 4.58. The number of likely N-dealkylation sites (tertiary alicyclic amines) is 1. The van der Waals surface area contributed by atoms with Gasteiger partial charge in [0.1, 0.15) is 0 Å². The monoisotopic (exact) mass is 478 g/mol. The Morgan fingerprint density at radius 3 is 2.58 bits per heavy atom. The fourth-order valence-electron chi connectivity index (χ4n) is 5.41. The van der Waals surface area contributed by atoms with E-state index >= 15 is 0 Å². The van der Waals surface area contributed by atoms with Crippen LogP contribution in [0.1, 0.15) is 41.6 Å². The topological polar surface area (TPSA) is 56.3 Å². The molecule has 184 valence electrons. The number of hydrogen-bond acceptors (Lipinski definition) is 5. The van der Waals surface area contributed by atoms with Crippen LogP contribution in [0.15, 0.2) is 71.3 Å². The number of rotatable bonds is 8. The number of aromatic nitrogens is 1. The zero-order valence-electron chi connectivity index (χ0n) is 21.3. The molecule has 5 rings (SSSR count). The van der Waals surface area contributed by atoms with E-state index in [4.69, 9.17) is 4.52 Å². The van der Waals surface area contributed by atoms with Gasteiger partial charge < -0.3 is 9.42 Å². The smallest absolute Gasteiger partial charge is 0.172 e. The molecule has 0 bridgehead atoms. The lowest BCUT2D eigenvalue weighted by atomic mass is 9.90. The van der Waals surface area contributed by atoms with Gasteiger partial charge in [-0.3, -0.25) is 4.90 Å². The molecule has 0 atom stereocenters. The molecule has 1 fully saturated rings. The van der Waals surface area contributed by atoms with Crippen LogP contribution in [0.2, 0.25) is 0 Å². The molecule has 1 aromatic heterocycles. The molecule has 1 aliphatic heterocycles. The summed E-state index contributed by atoms with van der Waals surface area (Å²) in [5, 5.41) is 15.0. The molecular formula is C31H34N4O. The summed E-state index contributed by atoms with van der Waals surface area (Å²) in [7, 11) is 4.13. The van der Waals surface area contributed by atoms with Crippen molar-refractivity contribution in [3.8, 4) is 17.2 Å². The molecule has 0 N–H and O–H groups in total. The summed E-state index contributed by atoms with van der Waals surface area (Å²) in [4.78, 5) is 4.73. The summed E-state index contributed by atoms with van der Waals surface area (Å²) in [6.45, 7) is 4.13. The average Bonchev–Trinajstić information content (AvgIpc) is 3.32. The molecule has 4 aromatic rings. The Kier molecular flexibility index (Phi) is 7.46. The molecular weight excluding hydrogens is 444 g/mol. The minimum atomic E-state index is 0.663. The Hall–Kier alpha value is -3.46. The molecule has 0 saturated carbocycles. The molecule has 0 aliphatic carbocycles. The second-order valence-electron chi connectivity index (χ2n) is 10.3. The molecule has 0 unspecified atom stereocenters. The summed E-state index contributed by atoms with van der Waals surface area (Å²) < 4.78 is 5.97. The van der Waals surface area contributed by atoms with Crippen LogP contribution in [0.5, 0.6) is 0 Å². The molecule has 1 saturated heterocycles. The second-order valence-corrected chi connectivity index (χ2v) is 10.3. The van der Waals surface area contributed by atoms with Crippen molar-refractivity contribution >= 4 is 11.0 Å².